The lowest BCUT2D eigenvalue weighted by Gasteiger charge is -2.16. The lowest BCUT2D eigenvalue weighted by Crippen LogP contribution is -2.14. The summed E-state index contributed by atoms with van der Waals surface area (Å²) in [4.78, 5) is 11.8. The van der Waals surface area contributed by atoms with Gasteiger partial charge in [-0.25, -0.2) is 4.79 Å². The van der Waals surface area contributed by atoms with Gasteiger partial charge in [0.2, 0.25) is 0 Å². The van der Waals surface area contributed by atoms with E-state index < -0.39 is 0 Å². The molecular weight excluding hydrogens is 268 g/mol. The van der Waals surface area contributed by atoms with Crippen molar-refractivity contribution >= 4 is 5.97 Å². The van der Waals surface area contributed by atoms with Crippen LogP contribution < -0.4 is 0 Å². The van der Waals surface area contributed by atoms with Crippen LogP contribution in [0.25, 0.3) is 0 Å². The molecule has 0 amide bonds. The van der Waals surface area contributed by atoms with Crippen molar-refractivity contribution in [3.8, 4) is 0 Å². The van der Waals surface area contributed by atoms with E-state index in [1.807, 2.05) is 39.0 Å². The van der Waals surface area contributed by atoms with E-state index in [0.29, 0.717) is 18.6 Å². The van der Waals surface area contributed by atoms with Crippen molar-refractivity contribution in [2.24, 2.45) is 0 Å². The number of carbonyl (C=O) groups excluding carboxylic acids is 1. The average Bonchev–Trinajstić information content (AvgIpc) is 2.52. The minimum Gasteiger partial charge on any atom is -0.462 e. The van der Waals surface area contributed by atoms with Gasteiger partial charge in [-0.05, 0) is 38.5 Å². The smallest absolute Gasteiger partial charge is 0.338 e. The molecule has 0 saturated heterocycles. The van der Waals surface area contributed by atoms with Crippen molar-refractivity contribution in [2.45, 2.75) is 33.3 Å². The van der Waals surface area contributed by atoms with Crippen molar-refractivity contribution in [3.63, 3.8) is 0 Å². The van der Waals surface area contributed by atoms with Crippen LogP contribution in [-0.4, -0.2) is 32.6 Å². The zero-order valence-corrected chi connectivity index (χ0v) is 13.2. The zero-order chi connectivity index (χ0) is 15.7. The lowest BCUT2D eigenvalue weighted by atomic mass is 10.0. The number of esters is 1. The molecule has 4 nitrogen and oxygen atoms in total. The maximum Gasteiger partial charge on any atom is 0.338 e. The van der Waals surface area contributed by atoms with Gasteiger partial charge in [0.05, 0.1) is 18.3 Å². The molecule has 116 valence electrons. The third-order valence-corrected chi connectivity index (χ3v) is 3.44. The van der Waals surface area contributed by atoms with E-state index in [9.17, 15) is 4.79 Å². The van der Waals surface area contributed by atoms with Crippen LogP contribution in [0.4, 0.5) is 0 Å². The van der Waals surface area contributed by atoms with Crippen molar-refractivity contribution in [2.75, 3.05) is 20.5 Å². The van der Waals surface area contributed by atoms with Crippen LogP contribution >= 0.6 is 0 Å². The first-order valence-corrected chi connectivity index (χ1v) is 7.05. The van der Waals surface area contributed by atoms with E-state index in [4.69, 9.17) is 14.2 Å². The second-order valence-corrected chi connectivity index (χ2v) is 4.93. The van der Waals surface area contributed by atoms with Gasteiger partial charge in [0.1, 0.15) is 6.79 Å². The van der Waals surface area contributed by atoms with Crippen LogP contribution in [-0.2, 0) is 14.2 Å². The molecule has 1 rings (SSSR count). The number of hydrogen-bond donors (Lipinski definition) is 0. The standard InChI is InChI=1S/C17H24O4/c1-13(14(2)15(3)21-12-19-4)10-11-20-17(18)16-8-6-5-7-9-16/h5-9,15H,10-12H2,1-4H3/b14-13+. The number of methoxy groups -OCH3 is 1. The Morgan fingerprint density at radius 3 is 2.48 bits per heavy atom. The van der Waals surface area contributed by atoms with Gasteiger partial charge in [-0.1, -0.05) is 23.8 Å². The average molecular weight is 292 g/mol. The first-order chi connectivity index (χ1) is 10.1. The van der Waals surface area contributed by atoms with Gasteiger partial charge in [0.25, 0.3) is 0 Å². The first kappa shape index (κ1) is 17.4. The third kappa shape index (κ3) is 6.10. The number of hydrogen-bond acceptors (Lipinski definition) is 4. The van der Waals surface area contributed by atoms with Crippen LogP contribution in [0.2, 0.25) is 0 Å². The fourth-order valence-electron chi connectivity index (χ4n) is 1.79. The van der Waals surface area contributed by atoms with Crippen molar-refractivity contribution in [3.05, 3.63) is 47.0 Å². The molecule has 0 heterocycles. The highest BCUT2D eigenvalue weighted by Crippen LogP contribution is 2.15. The molecule has 1 aromatic rings. The largest absolute Gasteiger partial charge is 0.462 e. The van der Waals surface area contributed by atoms with Gasteiger partial charge in [0.15, 0.2) is 0 Å². The van der Waals surface area contributed by atoms with Crippen LogP contribution in [0.1, 0.15) is 37.6 Å². The molecule has 1 atom stereocenters. The summed E-state index contributed by atoms with van der Waals surface area (Å²) in [6.07, 6.45) is 0.695. The molecule has 0 aliphatic rings. The monoisotopic (exact) mass is 292 g/mol. The second kappa shape index (κ2) is 9.32. The molecule has 21 heavy (non-hydrogen) atoms. The second-order valence-electron chi connectivity index (χ2n) is 4.93. The summed E-state index contributed by atoms with van der Waals surface area (Å²) in [6, 6.07) is 9.00. The van der Waals surface area contributed by atoms with E-state index in [1.165, 1.54) is 5.57 Å². The fraction of sp³-hybridized carbons (Fsp3) is 0.471. The highest BCUT2D eigenvalue weighted by atomic mass is 16.7. The Bertz CT molecular complexity index is 465. The molecule has 4 heteroatoms. The predicted molar refractivity (Wildman–Crippen MR) is 82.1 cm³/mol. The summed E-state index contributed by atoms with van der Waals surface area (Å²) >= 11 is 0. The SMILES string of the molecule is COCOC(C)/C(C)=C(\C)CCOC(=O)c1ccccc1. The molecule has 0 saturated carbocycles. The normalized spacial score (nSPS) is 13.5. The molecule has 1 unspecified atom stereocenters. The Labute approximate surface area is 126 Å². The summed E-state index contributed by atoms with van der Waals surface area (Å²) in [5.74, 6) is -0.287. The van der Waals surface area contributed by atoms with Gasteiger partial charge in [-0.2, -0.15) is 0 Å². The quantitative estimate of drug-likeness (QED) is 0.417. The maximum absolute atomic E-state index is 11.8. The van der Waals surface area contributed by atoms with Gasteiger partial charge in [0, 0.05) is 13.5 Å². The lowest BCUT2D eigenvalue weighted by molar-refractivity contribution is -0.0533. The molecule has 0 aromatic heterocycles. The fourth-order valence-corrected chi connectivity index (χ4v) is 1.79. The van der Waals surface area contributed by atoms with Gasteiger partial charge in [-0.15, -0.1) is 0 Å². The number of benzene rings is 1. The van der Waals surface area contributed by atoms with Crippen molar-refractivity contribution < 1.29 is 19.0 Å². The number of ether oxygens (including phenoxy) is 3. The van der Waals surface area contributed by atoms with E-state index in [0.717, 1.165) is 5.57 Å². The first-order valence-electron chi connectivity index (χ1n) is 7.05. The van der Waals surface area contributed by atoms with E-state index in [-0.39, 0.29) is 18.9 Å². The van der Waals surface area contributed by atoms with E-state index >= 15 is 0 Å². The molecule has 0 fully saturated rings. The Morgan fingerprint density at radius 2 is 1.86 bits per heavy atom. The Balaban J connectivity index is 2.42. The summed E-state index contributed by atoms with van der Waals surface area (Å²) in [7, 11) is 1.60. The highest BCUT2D eigenvalue weighted by Gasteiger charge is 2.09. The Kier molecular flexibility index (Phi) is 7.72. The zero-order valence-electron chi connectivity index (χ0n) is 13.2. The summed E-state index contributed by atoms with van der Waals surface area (Å²) in [6.45, 7) is 6.67. The predicted octanol–water partition coefficient (Wildman–Crippen LogP) is 3.58. The van der Waals surface area contributed by atoms with E-state index in [2.05, 4.69) is 0 Å². The van der Waals surface area contributed by atoms with Crippen molar-refractivity contribution in [1.29, 1.82) is 0 Å². The minimum atomic E-state index is -0.287. The maximum atomic E-state index is 11.8. The summed E-state index contributed by atoms with van der Waals surface area (Å²) in [5.41, 5.74) is 2.88. The summed E-state index contributed by atoms with van der Waals surface area (Å²) in [5, 5.41) is 0. The molecular formula is C17H24O4. The molecule has 0 N–H and O–H groups in total. The third-order valence-electron chi connectivity index (χ3n) is 3.44. The Morgan fingerprint density at radius 1 is 1.19 bits per heavy atom. The van der Waals surface area contributed by atoms with Gasteiger partial charge < -0.3 is 14.2 Å². The molecule has 1 aromatic carbocycles. The minimum absolute atomic E-state index is 0.00484. The molecule has 0 bridgehead atoms. The highest BCUT2D eigenvalue weighted by molar-refractivity contribution is 5.89. The van der Waals surface area contributed by atoms with Gasteiger partial charge in [-0.3, -0.25) is 0 Å². The summed E-state index contributed by atoms with van der Waals surface area (Å²) < 4.78 is 15.6. The Hall–Kier alpha value is -1.65. The van der Waals surface area contributed by atoms with Crippen LogP contribution in [0.5, 0.6) is 0 Å². The number of rotatable bonds is 8. The van der Waals surface area contributed by atoms with Crippen LogP contribution in [0.3, 0.4) is 0 Å². The van der Waals surface area contributed by atoms with E-state index in [1.54, 1.807) is 19.2 Å². The number of carbonyl (C=O) groups is 1. The van der Waals surface area contributed by atoms with Crippen molar-refractivity contribution in [1.82, 2.24) is 0 Å². The molecule has 0 spiro atoms. The van der Waals surface area contributed by atoms with Crippen LogP contribution in [0.15, 0.2) is 41.5 Å². The molecule has 0 radical (unpaired) electrons. The van der Waals surface area contributed by atoms with Gasteiger partial charge >= 0.3 is 5.97 Å². The molecule has 0 aliphatic heterocycles. The molecule has 0 aliphatic carbocycles. The van der Waals surface area contributed by atoms with Crippen LogP contribution in [0, 0.1) is 0 Å². The topological polar surface area (TPSA) is 44.8 Å².